The largest absolute Gasteiger partial charge is 0.479 e. The lowest BCUT2D eigenvalue weighted by Gasteiger charge is -2.47. The Labute approximate surface area is 292 Å². The topological polar surface area (TPSA) is 200 Å². The summed E-state index contributed by atoms with van der Waals surface area (Å²) in [5.41, 5.74) is 0.217. The van der Waals surface area contributed by atoms with Crippen LogP contribution in [0.5, 0.6) is 0 Å². The van der Waals surface area contributed by atoms with Gasteiger partial charge in [0.05, 0.1) is 24.9 Å². The van der Waals surface area contributed by atoms with Gasteiger partial charge in [-0.25, -0.2) is 9.59 Å². The maximum Gasteiger partial charge on any atom is 0.338 e. The van der Waals surface area contributed by atoms with E-state index in [4.69, 9.17) is 33.2 Å². The van der Waals surface area contributed by atoms with Crippen LogP contribution in [0.2, 0.25) is 0 Å². The summed E-state index contributed by atoms with van der Waals surface area (Å²) in [6.07, 6.45) is -8.71. The van der Waals surface area contributed by atoms with E-state index in [-0.39, 0.29) is 30.4 Å². The Balaban J connectivity index is 1.49. The van der Waals surface area contributed by atoms with E-state index in [1.807, 2.05) is 6.92 Å². The predicted molar refractivity (Wildman–Crippen MR) is 175 cm³/mol. The number of hydrogen-bond acceptors (Lipinski definition) is 13. The number of unbranched alkanes of at least 4 members (excludes halogenated alkanes) is 1. The lowest BCUT2D eigenvalue weighted by atomic mass is 9.85. The highest BCUT2D eigenvalue weighted by molar-refractivity contribution is 5.89. The Morgan fingerprint density at radius 1 is 0.820 bits per heavy atom. The molecule has 0 amide bonds. The first-order chi connectivity index (χ1) is 24.1. The molecule has 4 bridgehead atoms. The smallest absolute Gasteiger partial charge is 0.338 e. The van der Waals surface area contributed by atoms with Crippen molar-refractivity contribution in [1.82, 2.24) is 0 Å². The molecule has 5 N–H and O–H groups in total. The van der Waals surface area contributed by atoms with Gasteiger partial charge < -0.3 is 58.7 Å². The third-order valence-electron chi connectivity index (χ3n) is 10.4. The third-order valence-corrected chi connectivity index (χ3v) is 10.4. The van der Waals surface area contributed by atoms with E-state index in [0.29, 0.717) is 6.42 Å². The number of carboxylic acid groups (broad SMARTS) is 1. The molecular weight excluding hydrogens is 656 g/mol. The SMILES string of the molecule is CCCCC(CC)C1CO[C@@H]2OC(COC3O[C@@H](O1)C(O)C(O)[C@@H]3O)[C@H](O)C(O[C@@H](CC1CCCCC1)C(=O)O)C2OC(=O)c1ccccc1. The molecule has 3 heterocycles. The van der Waals surface area contributed by atoms with Crippen molar-refractivity contribution in [2.75, 3.05) is 13.2 Å². The molecular formula is C36H54O14. The van der Waals surface area contributed by atoms with Gasteiger partial charge in [-0.1, -0.05) is 83.4 Å². The van der Waals surface area contributed by atoms with Crippen LogP contribution in [0.25, 0.3) is 0 Å². The Hall–Kier alpha value is -2.24. The molecule has 14 heteroatoms. The number of rotatable bonds is 12. The molecule has 5 rings (SSSR count). The van der Waals surface area contributed by atoms with Crippen LogP contribution in [-0.4, -0.2) is 124 Å². The number of hydrogen-bond donors (Lipinski definition) is 5. The summed E-state index contributed by atoms with van der Waals surface area (Å²) in [7, 11) is 0. The highest BCUT2D eigenvalue weighted by atomic mass is 16.8. The molecule has 14 nitrogen and oxygen atoms in total. The molecule has 1 aromatic carbocycles. The summed E-state index contributed by atoms with van der Waals surface area (Å²) >= 11 is 0. The van der Waals surface area contributed by atoms with Gasteiger partial charge in [-0.3, -0.25) is 0 Å². The molecule has 0 spiro atoms. The van der Waals surface area contributed by atoms with Crippen molar-refractivity contribution in [1.29, 1.82) is 0 Å². The number of aliphatic hydroxyl groups excluding tert-OH is 4. The molecule has 0 aromatic heterocycles. The Kier molecular flexibility index (Phi) is 14.4. The van der Waals surface area contributed by atoms with Gasteiger partial charge in [-0.2, -0.15) is 0 Å². The minimum absolute atomic E-state index is 0.105. The number of esters is 1. The number of ether oxygens (including phenoxy) is 7. The van der Waals surface area contributed by atoms with Crippen LogP contribution in [0.1, 0.15) is 88.4 Å². The number of aliphatic hydroxyl groups is 4. The van der Waals surface area contributed by atoms with E-state index in [1.165, 1.54) is 0 Å². The molecule has 8 unspecified atom stereocenters. The van der Waals surface area contributed by atoms with E-state index in [9.17, 15) is 35.1 Å². The first-order valence-corrected chi connectivity index (χ1v) is 18.2. The Morgan fingerprint density at radius 3 is 2.20 bits per heavy atom. The van der Waals surface area contributed by atoms with Crippen molar-refractivity contribution in [3.05, 3.63) is 35.9 Å². The van der Waals surface area contributed by atoms with Crippen LogP contribution in [-0.2, 0) is 38.0 Å². The standard InChI is InChI=1S/C36H54O14/c1-3-5-14-21(4-2)24-18-45-36-31(49-33(43)22-15-10-7-11-16-22)30(46-23(32(41)42)17-20-12-8-6-9-13-20)26(37)25(48-36)19-44-34-28(39)27(38)29(40)35(47-24)50-34/h7,10-11,15-16,20-21,23-31,34-40H,3-6,8-9,12-14,17-19H2,1-2H3,(H,41,42)/t21?,23-,24?,25?,26-,27?,28-,29?,30?,31?,34?,35+,36+/m0/s1. The molecule has 3 saturated heterocycles. The predicted octanol–water partition coefficient (Wildman–Crippen LogP) is 2.52. The first-order valence-electron chi connectivity index (χ1n) is 18.2. The normalized spacial score (nSPS) is 36.7. The summed E-state index contributed by atoms with van der Waals surface area (Å²) in [5.74, 6) is -1.96. The van der Waals surface area contributed by atoms with Crippen molar-refractivity contribution >= 4 is 11.9 Å². The zero-order valence-electron chi connectivity index (χ0n) is 28.9. The van der Waals surface area contributed by atoms with Crippen LogP contribution >= 0.6 is 0 Å². The second kappa shape index (κ2) is 18.5. The van der Waals surface area contributed by atoms with E-state index in [1.54, 1.807) is 30.3 Å². The second-order valence-electron chi connectivity index (χ2n) is 13.9. The summed E-state index contributed by atoms with van der Waals surface area (Å²) in [6, 6.07) is 8.21. The minimum Gasteiger partial charge on any atom is -0.479 e. The van der Waals surface area contributed by atoms with Gasteiger partial charge in [0, 0.05) is 0 Å². The highest BCUT2D eigenvalue weighted by Crippen LogP contribution is 2.35. The third kappa shape index (κ3) is 9.59. The summed E-state index contributed by atoms with van der Waals surface area (Å²) in [6.45, 7) is 3.46. The molecule has 1 saturated carbocycles. The quantitative estimate of drug-likeness (QED) is 0.198. The molecule has 4 aliphatic rings. The number of carbonyl (C=O) groups is 2. The Morgan fingerprint density at radius 2 is 1.52 bits per heavy atom. The summed E-state index contributed by atoms with van der Waals surface area (Å²) < 4.78 is 42.6. The van der Waals surface area contributed by atoms with Crippen LogP contribution in [0.3, 0.4) is 0 Å². The zero-order chi connectivity index (χ0) is 35.8. The van der Waals surface area contributed by atoms with E-state index in [2.05, 4.69) is 6.92 Å². The molecule has 3 aliphatic heterocycles. The van der Waals surface area contributed by atoms with Gasteiger partial charge in [-0.05, 0) is 36.8 Å². The van der Waals surface area contributed by atoms with Crippen molar-refractivity contribution < 1.29 is 68.3 Å². The molecule has 50 heavy (non-hydrogen) atoms. The summed E-state index contributed by atoms with van der Waals surface area (Å²) in [4.78, 5) is 26.1. The van der Waals surface area contributed by atoms with Crippen LogP contribution in [0.15, 0.2) is 30.3 Å². The fraction of sp³-hybridized carbons (Fsp3) is 0.778. The molecule has 1 aromatic rings. The minimum atomic E-state index is -1.67. The average Bonchev–Trinajstić information content (AvgIpc) is 3.12. The average molecular weight is 711 g/mol. The Bertz CT molecular complexity index is 1200. The second-order valence-corrected chi connectivity index (χ2v) is 13.9. The number of fused-ring (bicyclic) bond motifs is 4. The lowest BCUT2D eigenvalue weighted by molar-refractivity contribution is -0.382. The van der Waals surface area contributed by atoms with Gasteiger partial charge in [-0.15, -0.1) is 0 Å². The fourth-order valence-corrected chi connectivity index (χ4v) is 7.36. The van der Waals surface area contributed by atoms with Gasteiger partial charge in [0.2, 0.25) is 0 Å². The molecule has 0 radical (unpaired) electrons. The number of aliphatic carboxylic acids is 1. The van der Waals surface area contributed by atoms with Crippen LogP contribution in [0, 0.1) is 11.8 Å². The molecule has 4 fully saturated rings. The van der Waals surface area contributed by atoms with E-state index < -0.39 is 92.4 Å². The first kappa shape index (κ1) is 39.0. The molecule has 282 valence electrons. The molecule has 1 aliphatic carbocycles. The lowest BCUT2D eigenvalue weighted by Crippen LogP contribution is -2.64. The van der Waals surface area contributed by atoms with Crippen LogP contribution < -0.4 is 0 Å². The molecule has 13 atom stereocenters. The summed E-state index contributed by atoms with van der Waals surface area (Å²) in [5, 5.41) is 54.2. The highest BCUT2D eigenvalue weighted by Gasteiger charge is 2.53. The van der Waals surface area contributed by atoms with Crippen molar-refractivity contribution in [2.45, 2.75) is 152 Å². The van der Waals surface area contributed by atoms with Crippen molar-refractivity contribution in [2.24, 2.45) is 11.8 Å². The zero-order valence-corrected chi connectivity index (χ0v) is 28.9. The number of carbonyl (C=O) groups excluding carboxylic acids is 1. The van der Waals surface area contributed by atoms with Gasteiger partial charge in [0.1, 0.15) is 36.6 Å². The van der Waals surface area contributed by atoms with Crippen molar-refractivity contribution in [3.63, 3.8) is 0 Å². The maximum absolute atomic E-state index is 13.5. The van der Waals surface area contributed by atoms with Crippen molar-refractivity contribution in [3.8, 4) is 0 Å². The number of carboxylic acids is 1. The van der Waals surface area contributed by atoms with Gasteiger partial charge in [0.25, 0.3) is 0 Å². The van der Waals surface area contributed by atoms with E-state index in [0.717, 1.165) is 51.4 Å². The monoisotopic (exact) mass is 710 g/mol. The number of benzene rings is 1. The van der Waals surface area contributed by atoms with Gasteiger partial charge in [0.15, 0.2) is 31.1 Å². The maximum atomic E-state index is 13.5. The van der Waals surface area contributed by atoms with Crippen LogP contribution in [0.4, 0.5) is 0 Å². The van der Waals surface area contributed by atoms with E-state index >= 15 is 0 Å². The van der Waals surface area contributed by atoms with Gasteiger partial charge >= 0.3 is 11.9 Å². The fourth-order valence-electron chi connectivity index (χ4n) is 7.36.